The molecular formula is C12H15N3O2S3. The molecule has 108 valence electrons. The van der Waals surface area contributed by atoms with Gasteiger partial charge in [-0.25, -0.2) is 4.79 Å². The minimum Gasteiger partial charge on any atom is -0.480 e. The quantitative estimate of drug-likeness (QED) is 0.724. The molecular weight excluding hydrogens is 314 g/mol. The minimum atomic E-state index is -0.852. The van der Waals surface area contributed by atoms with E-state index in [0.717, 1.165) is 21.4 Å². The predicted octanol–water partition coefficient (Wildman–Crippen LogP) is 3.27. The molecule has 0 saturated heterocycles. The Bertz CT molecular complexity index is 542. The van der Waals surface area contributed by atoms with Crippen molar-refractivity contribution in [2.24, 2.45) is 0 Å². The molecule has 0 radical (unpaired) electrons. The number of carboxylic acid groups (broad SMARTS) is 1. The van der Waals surface area contributed by atoms with Gasteiger partial charge in [0.05, 0.1) is 4.88 Å². The van der Waals surface area contributed by atoms with Crippen LogP contribution < -0.4 is 5.32 Å². The van der Waals surface area contributed by atoms with Crippen LogP contribution in [0, 0.1) is 0 Å². The summed E-state index contributed by atoms with van der Waals surface area (Å²) in [6.45, 7) is 2.06. The van der Waals surface area contributed by atoms with Crippen LogP contribution in [0.2, 0.25) is 0 Å². The Morgan fingerprint density at radius 2 is 2.40 bits per heavy atom. The van der Waals surface area contributed by atoms with Crippen molar-refractivity contribution in [3.05, 3.63) is 17.5 Å². The van der Waals surface area contributed by atoms with Crippen molar-refractivity contribution >= 4 is 45.5 Å². The summed E-state index contributed by atoms with van der Waals surface area (Å²) in [5.41, 5.74) is 0. The average molecular weight is 329 g/mol. The van der Waals surface area contributed by atoms with Gasteiger partial charge in [0.2, 0.25) is 5.13 Å². The lowest BCUT2D eigenvalue weighted by atomic mass is 10.2. The number of rotatable bonds is 8. The monoisotopic (exact) mass is 329 g/mol. The largest absolute Gasteiger partial charge is 0.480 e. The highest BCUT2D eigenvalue weighted by Gasteiger charge is 2.19. The van der Waals surface area contributed by atoms with Crippen molar-refractivity contribution in [3.8, 4) is 9.88 Å². The van der Waals surface area contributed by atoms with Crippen molar-refractivity contribution in [1.29, 1.82) is 0 Å². The highest BCUT2D eigenvalue weighted by Crippen LogP contribution is 2.30. The molecule has 2 N–H and O–H groups in total. The highest BCUT2D eigenvalue weighted by molar-refractivity contribution is 7.99. The lowest BCUT2D eigenvalue weighted by Crippen LogP contribution is -2.29. The topological polar surface area (TPSA) is 75.1 Å². The lowest BCUT2D eigenvalue weighted by Gasteiger charge is -2.12. The van der Waals surface area contributed by atoms with Crippen LogP contribution in [0.5, 0.6) is 0 Å². The molecule has 1 unspecified atom stereocenters. The van der Waals surface area contributed by atoms with Gasteiger partial charge in [0.15, 0.2) is 5.01 Å². The molecule has 0 fully saturated rings. The summed E-state index contributed by atoms with van der Waals surface area (Å²) in [5, 5.41) is 23.6. The molecule has 0 bridgehead atoms. The number of thiophene rings is 1. The molecule has 2 heterocycles. The molecule has 2 rings (SSSR count). The first-order chi connectivity index (χ1) is 9.70. The Morgan fingerprint density at radius 3 is 3.05 bits per heavy atom. The molecule has 0 aliphatic rings. The second-order valence-electron chi connectivity index (χ2n) is 3.91. The molecule has 0 amide bonds. The van der Waals surface area contributed by atoms with E-state index in [9.17, 15) is 9.90 Å². The van der Waals surface area contributed by atoms with E-state index < -0.39 is 12.0 Å². The number of thioether (sulfide) groups is 1. The van der Waals surface area contributed by atoms with Gasteiger partial charge in [0.25, 0.3) is 0 Å². The van der Waals surface area contributed by atoms with E-state index in [1.165, 1.54) is 11.3 Å². The van der Waals surface area contributed by atoms with E-state index in [0.29, 0.717) is 11.6 Å². The van der Waals surface area contributed by atoms with Crippen molar-refractivity contribution < 1.29 is 9.90 Å². The van der Waals surface area contributed by atoms with Crippen molar-refractivity contribution in [2.75, 3.05) is 16.8 Å². The van der Waals surface area contributed by atoms with Crippen LogP contribution in [0.1, 0.15) is 13.3 Å². The van der Waals surface area contributed by atoms with Gasteiger partial charge >= 0.3 is 5.97 Å². The van der Waals surface area contributed by atoms with Crippen LogP contribution >= 0.6 is 34.4 Å². The molecule has 0 saturated carbocycles. The predicted molar refractivity (Wildman–Crippen MR) is 85.9 cm³/mol. The van der Waals surface area contributed by atoms with Gasteiger partial charge in [-0.3, -0.25) is 0 Å². The molecule has 0 aliphatic carbocycles. The smallest absolute Gasteiger partial charge is 0.326 e. The number of aliphatic carboxylic acids is 1. The van der Waals surface area contributed by atoms with Crippen LogP contribution in [0.15, 0.2) is 17.5 Å². The zero-order valence-electron chi connectivity index (χ0n) is 10.9. The maximum atomic E-state index is 11.2. The zero-order valence-corrected chi connectivity index (χ0v) is 13.4. The molecule has 20 heavy (non-hydrogen) atoms. The SMILES string of the molecule is CCSCCC(Nc1nnc(-c2cccs2)s1)C(=O)O. The first-order valence-corrected chi connectivity index (χ1v) is 9.00. The van der Waals surface area contributed by atoms with Gasteiger partial charge in [-0.05, 0) is 29.4 Å². The third-order valence-corrected chi connectivity index (χ3v) is 5.33. The van der Waals surface area contributed by atoms with Gasteiger partial charge in [-0.1, -0.05) is 24.3 Å². The fourth-order valence-electron chi connectivity index (χ4n) is 1.53. The molecule has 8 heteroatoms. The number of nitrogens with one attached hydrogen (secondary N) is 1. The van der Waals surface area contributed by atoms with E-state index >= 15 is 0 Å². The van der Waals surface area contributed by atoms with Crippen LogP contribution in [0.3, 0.4) is 0 Å². The average Bonchev–Trinajstić information content (AvgIpc) is 3.08. The molecule has 1 atom stereocenters. The number of aromatic nitrogens is 2. The number of nitrogens with zero attached hydrogens (tertiary/aromatic N) is 2. The van der Waals surface area contributed by atoms with Crippen molar-refractivity contribution in [2.45, 2.75) is 19.4 Å². The highest BCUT2D eigenvalue weighted by atomic mass is 32.2. The zero-order chi connectivity index (χ0) is 14.4. The summed E-state index contributed by atoms with van der Waals surface area (Å²) in [5.74, 6) is 0.958. The first kappa shape index (κ1) is 15.3. The summed E-state index contributed by atoms with van der Waals surface area (Å²) < 4.78 is 0. The second kappa shape index (κ2) is 7.61. The Hall–Kier alpha value is -1.12. The van der Waals surface area contributed by atoms with Crippen molar-refractivity contribution in [3.63, 3.8) is 0 Å². The number of carboxylic acids is 1. The lowest BCUT2D eigenvalue weighted by molar-refractivity contribution is -0.137. The van der Waals surface area contributed by atoms with Crippen LogP contribution in [-0.2, 0) is 4.79 Å². The van der Waals surface area contributed by atoms with Crippen LogP contribution in [0.25, 0.3) is 9.88 Å². The molecule has 0 aromatic carbocycles. The van der Waals surface area contributed by atoms with E-state index in [4.69, 9.17) is 0 Å². The number of carbonyl (C=O) groups is 1. The maximum absolute atomic E-state index is 11.2. The number of anilines is 1. The van der Waals surface area contributed by atoms with Crippen LogP contribution in [-0.4, -0.2) is 38.8 Å². The summed E-state index contributed by atoms with van der Waals surface area (Å²) in [6, 6.07) is 3.32. The molecule has 5 nitrogen and oxygen atoms in total. The van der Waals surface area contributed by atoms with Crippen LogP contribution in [0.4, 0.5) is 5.13 Å². The summed E-state index contributed by atoms with van der Waals surface area (Å²) in [4.78, 5) is 12.3. The standard InChI is InChI=1S/C12H15N3O2S3/c1-2-18-7-5-8(11(16)17)13-12-15-14-10(20-12)9-4-3-6-19-9/h3-4,6,8H,2,5,7H2,1H3,(H,13,15)(H,16,17). The van der Waals surface area contributed by atoms with Gasteiger partial charge in [-0.15, -0.1) is 21.5 Å². The number of hydrogen-bond donors (Lipinski definition) is 2. The Labute approximate surface area is 129 Å². The van der Waals surface area contributed by atoms with E-state index in [1.54, 1.807) is 23.1 Å². The number of hydrogen-bond acceptors (Lipinski definition) is 7. The third-order valence-electron chi connectivity index (χ3n) is 2.51. The van der Waals surface area contributed by atoms with E-state index in [2.05, 4.69) is 22.4 Å². The Kier molecular flexibility index (Phi) is 5.81. The third kappa shape index (κ3) is 4.19. The fraction of sp³-hybridized carbons (Fsp3) is 0.417. The maximum Gasteiger partial charge on any atom is 0.326 e. The van der Waals surface area contributed by atoms with Gasteiger partial charge in [0, 0.05) is 0 Å². The fourth-order valence-corrected chi connectivity index (χ4v) is 3.81. The molecule has 0 aliphatic heterocycles. The summed E-state index contributed by atoms with van der Waals surface area (Å²) in [6.07, 6.45) is 0.571. The molecule has 2 aromatic rings. The van der Waals surface area contributed by atoms with E-state index in [1.807, 2.05) is 17.5 Å². The summed E-state index contributed by atoms with van der Waals surface area (Å²) >= 11 is 4.71. The first-order valence-electron chi connectivity index (χ1n) is 6.15. The Morgan fingerprint density at radius 1 is 1.55 bits per heavy atom. The summed E-state index contributed by atoms with van der Waals surface area (Å²) in [7, 11) is 0. The molecule has 2 aromatic heterocycles. The second-order valence-corrected chi connectivity index (χ2v) is 7.23. The normalized spacial score (nSPS) is 12.2. The van der Waals surface area contributed by atoms with Gasteiger partial charge in [-0.2, -0.15) is 11.8 Å². The minimum absolute atomic E-state index is 0.558. The van der Waals surface area contributed by atoms with Crippen molar-refractivity contribution in [1.82, 2.24) is 10.2 Å². The van der Waals surface area contributed by atoms with Gasteiger partial charge in [0.1, 0.15) is 6.04 Å². The molecule has 0 spiro atoms. The van der Waals surface area contributed by atoms with Gasteiger partial charge < -0.3 is 10.4 Å². The Balaban J connectivity index is 1.98. The van der Waals surface area contributed by atoms with E-state index in [-0.39, 0.29) is 0 Å².